The number of nitrogens with one attached hydrogen (secondary N) is 1. The minimum atomic E-state index is -0.450. The molecule has 1 aliphatic carbocycles. The number of benzene rings is 2. The average Bonchev–Trinajstić information content (AvgIpc) is 2.58. The summed E-state index contributed by atoms with van der Waals surface area (Å²) in [6.45, 7) is 0. The molecule has 0 amide bonds. The molecule has 0 aromatic heterocycles. The maximum atomic E-state index is 12.1. The van der Waals surface area contributed by atoms with E-state index in [0.717, 1.165) is 6.08 Å². The molecule has 0 saturated carbocycles. The normalized spacial score (nSPS) is 15.6. The summed E-state index contributed by atoms with van der Waals surface area (Å²) in [5.74, 6) is -0.913. The maximum absolute atomic E-state index is 12.1. The van der Waals surface area contributed by atoms with E-state index in [0.29, 0.717) is 11.4 Å². The van der Waals surface area contributed by atoms with Crippen LogP contribution >= 0.6 is 23.2 Å². The predicted octanol–water partition coefficient (Wildman–Crippen LogP) is 4.50. The Morgan fingerprint density at radius 1 is 0.885 bits per heavy atom. The number of halogens is 2. The highest BCUT2D eigenvalue weighted by atomic mass is 35.5. The number of aliphatic imine (C=N–C) groups is 1. The van der Waals surface area contributed by atoms with Gasteiger partial charge in [0.05, 0.1) is 21.4 Å². The van der Waals surface area contributed by atoms with Crippen molar-refractivity contribution in [3.8, 4) is 11.5 Å². The van der Waals surface area contributed by atoms with Crippen LogP contribution in [0.1, 0.15) is 0 Å². The standard InChI is InChI=1S/C18H12Cl2N2O4/c19-11-5-9(1-3-15(11)23)21-13-7-14(18(26)8-17(13)25)22-10-2-4-16(24)12(20)6-10/h1-8,21,23-24,26H/b22-14-. The molecule has 2 aromatic carbocycles. The third-order valence-corrected chi connectivity index (χ3v) is 4.09. The Balaban J connectivity index is 1.93. The minimum absolute atomic E-state index is 0.0785. The molecule has 4 N–H and O–H groups in total. The van der Waals surface area contributed by atoms with Crippen molar-refractivity contribution in [1.29, 1.82) is 0 Å². The molecule has 0 aliphatic heterocycles. The van der Waals surface area contributed by atoms with Crippen molar-refractivity contribution in [2.75, 3.05) is 5.32 Å². The highest BCUT2D eigenvalue weighted by Crippen LogP contribution is 2.29. The van der Waals surface area contributed by atoms with Gasteiger partial charge in [0.1, 0.15) is 23.0 Å². The number of carbonyl (C=O) groups is 1. The summed E-state index contributed by atoms with van der Waals surface area (Å²) in [5, 5.41) is 32.0. The van der Waals surface area contributed by atoms with Gasteiger partial charge in [-0.3, -0.25) is 4.79 Å². The van der Waals surface area contributed by atoms with Gasteiger partial charge < -0.3 is 20.6 Å². The van der Waals surface area contributed by atoms with Crippen molar-refractivity contribution in [3.05, 3.63) is 70.1 Å². The quantitative estimate of drug-likeness (QED) is 0.456. The van der Waals surface area contributed by atoms with Gasteiger partial charge in [0.25, 0.3) is 0 Å². The summed E-state index contributed by atoms with van der Waals surface area (Å²) in [6, 6.07) is 8.70. The lowest BCUT2D eigenvalue weighted by molar-refractivity contribution is -0.111. The summed E-state index contributed by atoms with van der Waals surface area (Å²) >= 11 is 11.7. The lowest BCUT2D eigenvalue weighted by Crippen LogP contribution is -2.18. The van der Waals surface area contributed by atoms with E-state index in [2.05, 4.69) is 10.3 Å². The number of phenols is 2. The van der Waals surface area contributed by atoms with Gasteiger partial charge in [0, 0.05) is 11.8 Å². The second kappa shape index (κ2) is 7.11. The van der Waals surface area contributed by atoms with Gasteiger partial charge in [0.2, 0.25) is 5.78 Å². The molecule has 26 heavy (non-hydrogen) atoms. The van der Waals surface area contributed by atoms with Crippen molar-refractivity contribution in [3.63, 3.8) is 0 Å². The molecule has 3 rings (SSSR count). The second-order valence-corrected chi connectivity index (χ2v) is 6.19. The van der Waals surface area contributed by atoms with Crippen LogP contribution in [0.3, 0.4) is 0 Å². The number of aliphatic hydroxyl groups is 1. The van der Waals surface area contributed by atoms with E-state index in [1.54, 1.807) is 6.07 Å². The van der Waals surface area contributed by atoms with Gasteiger partial charge in [-0.1, -0.05) is 23.2 Å². The largest absolute Gasteiger partial charge is 0.506 e. The highest BCUT2D eigenvalue weighted by Gasteiger charge is 2.19. The van der Waals surface area contributed by atoms with E-state index in [1.165, 1.54) is 36.4 Å². The summed E-state index contributed by atoms with van der Waals surface area (Å²) in [7, 11) is 0. The fourth-order valence-electron chi connectivity index (χ4n) is 2.19. The predicted molar refractivity (Wildman–Crippen MR) is 101 cm³/mol. The molecule has 8 heteroatoms. The van der Waals surface area contributed by atoms with Crippen LogP contribution in [0.4, 0.5) is 11.4 Å². The van der Waals surface area contributed by atoms with E-state index in [1.807, 2.05) is 0 Å². The van der Waals surface area contributed by atoms with Crippen LogP contribution in [-0.4, -0.2) is 26.8 Å². The number of rotatable bonds is 3. The van der Waals surface area contributed by atoms with E-state index < -0.39 is 5.78 Å². The van der Waals surface area contributed by atoms with Gasteiger partial charge in [-0.05, 0) is 42.5 Å². The number of nitrogens with zero attached hydrogens (tertiary/aromatic N) is 1. The Labute approximate surface area is 158 Å². The molecule has 0 fully saturated rings. The molecule has 0 radical (unpaired) electrons. The maximum Gasteiger partial charge on any atom is 0.205 e. The lowest BCUT2D eigenvalue weighted by Gasteiger charge is -2.14. The van der Waals surface area contributed by atoms with Crippen molar-refractivity contribution in [2.45, 2.75) is 0 Å². The fraction of sp³-hybridized carbons (Fsp3) is 0. The number of hydrogen-bond donors (Lipinski definition) is 4. The molecule has 0 atom stereocenters. The molecule has 1 aliphatic rings. The first-order valence-electron chi connectivity index (χ1n) is 7.33. The fourth-order valence-corrected chi connectivity index (χ4v) is 2.54. The zero-order valence-corrected chi connectivity index (χ0v) is 14.6. The first kappa shape index (κ1) is 17.8. The summed E-state index contributed by atoms with van der Waals surface area (Å²) < 4.78 is 0. The van der Waals surface area contributed by atoms with Crippen LogP contribution in [-0.2, 0) is 4.79 Å². The molecule has 6 nitrogen and oxygen atoms in total. The summed E-state index contributed by atoms with van der Waals surface area (Å²) in [4.78, 5) is 16.3. The Bertz CT molecular complexity index is 997. The van der Waals surface area contributed by atoms with Crippen LogP contribution in [0.5, 0.6) is 11.5 Å². The molecular weight excluding hydrogens is 379 g/mol. The summed E-state index contributed by atoms with van der Waals surface area (Å²) in [6.07, 6.45) is 2.41. The van der Waals surface area contributed by atoms with Gasteiger partial charge >= 0.3 is 0 Å². The molecular formula is C18H12Cl2N2O4. The molecule has 0 heterocycles. The van der Waals surface area contributed by atoms with Crippen LogP contribution < -0.4 is 5.32 Å². The van der Waals surface area contributed by atoms with Crippen molar-refractivity contribution >= 4 is 46.1 Å². The van der Waals surface area contributed by atoms with Crippen molar-refractivity contribution in [1.82, 2.24) is 0 Å². The van der Waals surface area contributed by atoms with E-state index in [-0.39, 0.29) is 38.7 Å². The SMILES string of the molecule is O=C1C=C(O)/C(=N\c2ccc(O)c(Cl)c2)C=C1Nc1ccc(O)c(Cl)c1. The van der Waals surface area contributed by atoms with Crippen molar-refractivity contribution < 1.29 is 20.1 Å². The van der Waals surface area contributed by atoms with Crippen LogP contribution in [0.2, 0.25) is 10.0 Å². The first-order chi connectivity index (χ1) is 12.3. The molecule has 0 bridgehead atoms. The molecule has 0 saturated heterocycles. The number of hydrogen-bond acceptors (Lipinski definition) is 6. The Morgan fingerprint density at radius 3 is 2.19 bits per heavy atom. The Kier molecular flexibility index (Phi) is 4.88. The average molecular weight is 391 g/mol. The third-order valence-electron chi connectivity index (χ3n) is 3.48. The summed E-state index contributed by atoms with van der Waals surface area (Å²) in [5.41, 5.74) is 1.17. The molecule has 0 spiro atoms. The Hall–Kier alpha value is -2.96. The number of carbonyl (C=O) groups excluding carboxylic acids is 1. The van der Waals surface area contributed by atoms with Crippen LogP contribution in [0, 0.1) is 0 Å². The zero-order chi connectivity index (χ0) is 18.8. The highest BCUT2D eigenvalue weighted by molar-refractivity contribution is 6.32. The van der Waals surface area contributed by atoms with Gasteiger partial charge in [-0.2, -0.15) is 0 Å². The van der Waals surface area contributed by atoms with Crippen molar-refractivity contribution in [2.24, 2.45) is 4.99 Å². The monoisotopic (exact) mass is 390 g/mol. The lowest BCUT2D eigenvalue weighted by atomic mass is 10.1. The van der Waals surface area contributed by atoms with E-state index >= 15 is 0 Å². The van der Waals surface area contributed by atoms with Gasteiger partial charge in [0.15, 0.2) is 0 Å². The number of ketones is 1. The second-order valence-electron chi connectivity index (χ2n) is 5.38. The number of phenolic OH excluding ortho intramolecular Hbond substituents is 2. The Morgan fingerprint density at radius 2 is 1.54 bits per heavy atom. The number of anilines is 1. The van der Waals surface area contributed by atoms with E-state index in [9.17, 15) is 20.1 Å². The molecule has 0 unspecified atom stereocenters. The third kappa shape index (κ3) is 3.82. The van der Waals surface area contributed by atoms with Gasteiger partial charge in [-0.25, -0.2) is 4.99 Å². The molecule has 2 aromatic rings. The number of aliphatic hydroxyl groups excluding tert-OH is 1. The zero-order valence-electron chi connectivity index (χ0n) is 13.1. The number of allylic oxidation sites excluding steroid dienone is 2. The van der Waals surface area contributed by atoms with E-state index in [4.69, 9.17) is 23.2 Å². The number of aromatic hydroxyl groups is 2. The van der Waals surface area contributed by atoms with Crippen LogP contribution in [0.15, 0.2) is 65.0 Å². The minimum Gasteiger partial charge on any atom is -0.506 e. The smallest absolute Gasteiger partial charge is 0.205 e. The van der Waals surface area contributed by atoms with Crippen LogP contribution in [0.25, 0.3) is 0 Å². The van der Waals surface area contributed by atoms with Gasteiger partial charge in [-0.15, -0.1) is 0 Å². The molecule has 132 valence electrons. The first-order valence-corrected chi connectivity index (χ1v) is 8.09. The topological polar surface area (TPSA) is 102 Å².